The van der Waals surface area contributed by atoms with Crippen LogP contribution in [0.1, 0.15) is 124 Å². The van der Waals surface area contributed by atoms with Gasteiger partial charge < -0.3 is 29.1 Å². The molecule has 2 aromatic heterocycles. The summed E-state index contributed by atoms with van der Waals surface area (Å²) in [6.45, 7) is 12.6. The topological polar surface area (TPSA) is 220 Å². The minimum atomic E-state index is -4.52. The molecule has 4 fully saturated rings. The number of likely N-dealkylation sites (tertiary alicyclic amines) is 2. The number of piperidine rings is 2. The lowest BCUT2D eigenvalue weighted by molar-refractivity contribution is -0.152. The first kappa shape index (κ1) is 61.1. The van der Waals surface area contributed by atoms with Crippen LogP contribution in [0.25, 0.3) is 21.1 Å². The van der Waals surface area contributed by atoms with Crippen molar-refractivity contribution < 1.29 is 51.7 Å². The molecule has 3 N–H and O–H groups in total. The van der Waals surface area contributed by atoms with Crippen molar-refractivity contribution in [2.24, 2.45) is 24.3 Å². The molecule has 0 saturated carbocycles. The number of nitrogens with zero attached hydrogens (tertiary/aromatic N) is 5. The van der Waals surface area contributed by atoms with Crippen LogP contribution in [0.15, 0.2) is 108 Å². The van der Waals surface area contributed by atoms with E-state index in [1.54, 1.807) is 46.8 Å². The van der Waals surface area contributed by atoms with Gasteiger partial charge in [0.05, 0.1) is 35.7 Å². The van der Waals surface area contributed by atoms with Gasteiger partial charge in [-0.3, -0.25) is 52.7 Å². The highest BCUT2D eigenvalue weighted by Gasteiger charge is 2.49. The average molecular weight is 1200 g/mol. The molecule has 0 aliphatic carbocycles. The summed E-state index contributed by atoms with van der Waals surface area (Å²) in [5.41, 5.74) is 2.20. The Bertz CT molecular complexity index is 3560. The van der Waals surface area contributed by atoms with E-state index in [1.165, 1.54) is 35.8 Å². The van der Waals surface area contributed by atoms with Gasteiger partial charge in [-0.1, -0.05) is 88.4 Å². The maximum Gasteiger partial charge on any atom is 0.355 e. The third kappa shape index (κ3) is 13.5. The van der Waals surface area contributed by atoms with E-state index in [0.717, 1.165) is 54.8 Å². The lowest BCUT2D eigenvalue weighted by Gasteiger charge is -2.40. The van der Waals surface area contributed by atoms with Gasteiger partial charge in [-0.25, -0.2) is 14.3 Å². The van der Waals surface area contributed by atoms with Crippen LogP contribution in [-0.2, 0) is 51.6 Å². The molecule has 0 bridgehead atoms. The summed E-state index contributed by atoms with van der Waals surface area (Å²) in [6.07, 6.45) is 3.73. The van der Waals surface area contributed by atoms with E-state index in [0.29, 0.717) is 66.7 Å². The number of para-hydroxylation sites is 1. The van der Waals surface area contributed by atoms with Gasteiger partial charge in [0.1, 0.15) is 36.0 Å². The Balaban J connectivity index is 0.846. The first-order valence-electron chi connectivity index (χ1n) is 29.5. The molecule has 8 atom stereocenters. The van der Waals surface area contributed by atoms with Crippen LogP contribution < -0.4 is 25.9 Å². The van der Waals surface area contributed by atoms with E-state index in [1.807, 2.05) is 81.1 Å². The van der Waals surface area contributed by atoms with Gasteiger partial charge in [0.15, 0.2) is 0 Å². The summed E-state index contributed by atoms with van der Waals surface area (Å²) in [6, 6.07) is 26.2. The molecule has 4 aliphatic rings. The Kier molecular flexibility index (Phi) is 18.6. The smallest absolute Gasteiger partial charge is 0.355 e. The fraction of sp³-hybridized carbons (Fsp3) is 0.476. The highest BCUT2D eigenvalue weighted by Crippen LogP contribution is 2.58. The number of morpholine rings is 1. The van der Waals surface area contributed by atoms with Crippen molar-refractivity contribution in [3.05, 3.63) is 135 Å². The van der Waals surface area contributed by atoms with Crippen LogP contribution in [0.2, 0.25) is 0 Å². The lowest BCUT2D eigenvalue weighted by Crippen LogP contribution is -2.59. The summed E-state index contributed by atoms with van der Waals surface area (Å²) < 4.78 is 52.4. The van der Waals surface area contributed by atoms with E-state index in [4.69, 9.17) is 14.0 Å². The number of halogens is 1. The molecule has 4 aromatic carbocycles. The van der Waals surface area contributed by atoms with E-state index in [9.17, 15) is 28.5 Å². The Hall–Kier alpha value is -7.03. The first-order chi connectivity index (χ1) is 40.7. The number of esters is 1. The van der Waals surface area contributed by atoms with Crippen molar-refractivity contribution in [2.75, 3.05) is 45.9 Å². The number of aromatic nitrogens is 2. The molecule has 4 saturated heterocycles. The zero-order chi connectivity index (χ0) is 60.3. The number of fused-ring (bicyclic) bond motifs is 2. The van der Waals surface area contributed by atoms with Crippen molar-refractivity contribution in [2.45, 2.75) is 122 Å². The number of imide groups is 1. The number of benzene rings is 4. The summed E-state index contributed by atoms with van der Waals surface area (Å²) in [5, 5.41) is 8.53. The number of rotatable bonds is 19. The number of alkyl halides is 1. The number of nitrogens with one attached hydrogen (secondary N) is 3. The van der Waals surface area contributed by atoms with Gasteiger partial charge >= 0.3 is 19.2 Å². The number of carbonyl (C=O) groups excluding carboxylic acids is 6. The summed E-state index contributed by atoms with van der Waals surface area (Å²) in [5.74, 6) is -4.53. The van der Waals surface area contributed by atoms with Gasteiger partial charge in [-0.15, -0.1) is 11.3 Å². The number of hydrogen-bond donors (Lipinski definition) is 3. The quantitative estimate of drug-likeness (QED) is 0.0392. The van der Waals surface area contributed by atoms with Gasteiger partial charge in [0.2, 0.25) is 29.5 Å². The summed E-state index contributed by atoms with van der Waals surface area (Å²) in [4.78, 5) is 102. The molecular formula is C63H76FN8O11PS. The number of thiophene rings is 1. The van der Waals surface area contributed by atoms with E-state index < -0.39 is 60.8 Å². The molecule has 0 radical (unpaired) electrons. The third-order valence-electron chi connectivity index (χ3n) is 16.9. The lowest BCUT2D eigenvalue weighted by atomic mass is 9.82. The number of ether oxygens (including phenoxy) is 2. The molecule has 452 valence electrons. The zero-order valence-corrected chi connectivity index (χ0v) is 50.7. The van der Waals surface area contributed by atoms with E-state index in [2.05, 4.69) is 20.6 Å². The van der Waals surface area contributed by atoms with Gasteiger partial charge in [-0.05, 0) is 140 Å². The van der Waals surface area contributed by atoms with Crippen LogP contribution in [0, 0.1) is 17.3 Å². The van der Waals surface area contributed by atoms with Crippen molar-refractivity contribution in [1.29, 1.82) is 0 Å². The maximum atomic E-state index is 16.9. The van der Waals surface area contributed by atoms with Crippen LogP contribution in [0.3, 0.4) is 0 Å². The van der Waals surface area contributed by atoms with Crippen molar-refractivity contribution >= 4 is 75.5 Å². The fourth-order valence-electron chi connectivity index (χ4n) is 12.4. The Morgan fingerprint density at radius 2 is 1.61 bits per heavy atom. The standard InChI is InChI=1S/C63H76FN8O11PS/c1-7-31-82-61(78)39(2)67-84(80,83-46-16-12-9-13-17-46)56(64)44-19-22-51-45(35-44)36-52(85-51)58(75)66-55(63(3,4)5)60(77)71-29-26-43(54(71)59(76)70-30-32-81-50(38-70)42-14-10-8-11-15-42)33-40-24-27-69(28-25-40)37-41-18-20-47-49(34-41)68(6)62(79)72(47)48-21-23-53(73)65-57(48)74/h8-20,22,34-36,39-40,43,48,50,54-56H,7,21,23-33,37-38H2,1-6H3,(H,66,75)(H,67,80)(H,65,73,74)/t39-,43-,48?,50-,54-,55+,56+,84-/m0/s1. The van der Waals surface area contributed by atoms with Gasteiger partial charge in [-0.2, -0.15) is 0 Å². The predicted molar refractivity (Wildman–Crippen MR) is 321 cm³/mol. The highest BCUT2D eigenvalue weighted by atomic mass is 32.1. The predicted octanol–water partition coefficient (Wildman–Crippen LogP) is 8.97. The van der Waals surface area contributed by atoms with Gasteiger partial charge in [0, 0.05) is 37.8 Å². The molecule has 5 amide bonds. The molecule has 6 heterocycles. The van der Waals surface area contributed by atoms with Crippen molar-refractivity contribution in [1.82, 2.24) is 39.6 Å². The average Bonchev–Trinajstić information content (AvgIpc) is 3.75. The van der Waals surface area contributed by atoms with E-state index >= 15 is 14.0 Å². The summed E-state index contributed by atoms with van der Waals surface area (Å²) >= 11 is 1.16. The van der Waals surface area contributed by atoms with Crippen molar-refractivity contribution in [3.63, 3.8) is 0 Å². The molecule has 10 rings (SSSR count). The minimum Gasteiger partial charge on any atom is -0.465 e. The van der Waals surface area contributed by atoms with Crippen LogP contribution in [0.5, 0.6) is 5.75 Å². The number of carbonyl (C=O) groups is 6. The Labute approximate surface area is 498 Å². The normalized spacial score (nSPS) is 21.7. The number of amides is 5. The third-order valence-corrected chi connectivity index (χ3v) is 20.2. The Morgan fingerprint density at radius 1 is 0.882 bits per heavy atom. The molecule has 1 unspecified atom stereocenters. The SMILES string of the molecule is CCCOC(=O)[C@H](C)N[P@@](=O)(Oc1ccccc1)[C@@H](F)c1ccc2sc(C(=O)N[C@H](C(=O)N3CC[C@@H](CC4CCN(Cc5ccc6c(c5)n(C)c(=O)n6C5CCC(=O)NC5=O)CC4)[C@H]3C(=O)N3CCO[C@H](c4ccccc4)C3)C(C)(C)C)cc2c1. The first-order valence-corrected chi connectivity index (χ1v) is 32.0. The molecule has 4 aliphatic heterocycles. The monoisotopic (exact) mass is 1200 g/mol. The minimum absolute atomic E-state index is 0.00767. The second-order valence-corrected chi connectivity index (χ2v) is 27.2. The molecular weight excluding hydrogens is 1130 g/mol. The second-order valence-electron chi connectivity index (χ2n) is 24.1. The molecule has 19 nitrogen and oxygen atoms in total. The molecule has 0 spiro atoms. The Morgan fingerprint density at radius 3 is 2.32 bits per heavy atom. The molecule has 6 aromatic rings. The number of imidazole rings is 1. The van der Waals surface area contributed by atoms with Crippen LogP contribution in [-0.4, -0.2) is 123 Å². The fourth-order valence-corrected chi connectivity index (χ4v) is 15.2. The summed E-state index contributed by atoms with van der Waals surface area (Å²) in [7, 11) is -2.83. The maximum absolute atomic E-state index is 16.9. The van der Waals surface area contributed by atoms with Gasteiger partial charge in [0.25, 0.3) is 5.91 Å². The molecule has 85 heavy (non-hydrogen) atoms. The van der Waals surface area contributed by atoms with Crippen LogP contribution in [0.4, 0.5) is 4.39 Å². The second kappa shape index (κ2) is 25.9. The number of aryl methyl sites for hydroxylation is 1. The number of hydrogen-bond acceptors (Lipinski definition) is 13. The van der Waals surface area contributed by atoms with E-state index in [-0.39, 0.29) is 77.0 Å². The largest absolute Gasteiger partial charge is 0.465 e. The van der Waals surface area contributed by atoms with Crippen molar-refractivity contribution in [3.8, 4) is 5.75 Å². The zero-order valence-electron chi connectivity index (χ0n) is 49.0. The highest BCUT2D eigenvalue weighted by molar-refractivity contribution is 7.57. The van der Waals surface area contributed by atoms with Crippen LogP contribution >= 0.6 is 18.9 Å². The molecule has 22 heteroatoms.